The van der Waals surface area contributed by atoms with E-state index >= 15 is 0 Å². The smallest absolute Gasteiger partial charge is 0.141 e. The van der Waals surface area contributed by atoms with Crippen molar-refractivity contribution < 1.29 is 0 Å². The van der Waals surface area contributed by atoms with Crippen LogP contribution in [0.3, 0.4) is 0 Å². The van der Waals surface area contributed by atoms with Crippen LogP contribution in [0.4, 0.5) is 17.1 Å². The van der Waals surface area contributed by atoms with Crippen molar-refractivity contribution in [2.24, 2.45) is 5.92 Å². The molecule has 4 aliphatic rings. The molecule has 254 valence electrons. The Balaban J connectivity index is 1.19. The summed E-state index contributed by atoms with van der Waals surface area (Å²) in [4.78, 5) is 13.3. The number of allylic oxidation sites excluding steroid dienone is 7. The zero-order valence-electron chi connectivity index (χ0n) is 29.2. The molecule has 1 N–H and O–H groups in total. The highest BCUT2D eigenvalue weighted by Crippen LogP contribution is 2.46. The van der Waals surface area contributed by atoms with Gasteiger partial charge in [0.25, 0.3) is 0 Å². The van der Waals surface area contributed by atoms with E-state index in [-0.39, 0.29) is 12.1 Å². The standard InChI is InChI=1S/C46H40N6/c1-31-15-14-20-37(27-31)52-43-26-13-10-23-40(43)49-46(52)34-29-32(44-47-38-21-8-11-24-41(38)50(44)35-16-4-2-5-17-35)28-33(30-34)45-48-39-22-9-12-25-42(39)51(45)36-18-6-3-7-19-36/h2-12,14,16-25,27-29,31,33,44,47H,13,15,26,30H2,1H3. The SMILES string of the molecule is CC1C=C(n2c(C3=CC(C4Nc5ccccc5N4c4ccccc4)=CC(c4nc5ccccc5n4-c4ccccc4)C3)nc3c2CCC=C3)C=CC1. The van der Waals surface area contributed by atoms with Crippen LogP contribution in [-0.4, -0.2) is 25.3 Å². The van der Waals surface area contributed by atoms with E-state index in [4.69, 9.17) is 9.97 Å². The van der Waals surface area contributed by atoms with Crippen LogP contribution in [0.1, 0.15) is 55.1 Å². The zero-order valence-corrected chi connectivity index (χ0v) is 29.2. The van der Waals surface area contributed by atoms with E-state index in [9.17, 15) is 0 Å². The lowest BCUT2D eigenvalue weighted by molar-refractivity contribution is 0.725. The first-order chi connectivity index (χ1) is 25.7. The van der Waals surface area contributed by atoms with Crippen LogP contribution < -0.4 is 10.2 Å². The van der Waals surface area contributed by atoms with Crippen LogP contribution >= 0.6 is 0 Å². The summed E-state index contributed by atoms with van der Waals surface area (Å²) in [5.41, 5.74) is 12.7. The van der Waals surface area contributed by atoms with Gasteiger partial charge in [-0.25, -0.2) is 9.97 Å². The van der Waals surface area contributed by atoms with Gasteiger partial charge in [0.05, 0.1) is 33.8 Å². The molecule has 3 aliphatic carbocycles. The van der Waals surface area contributed by atoms with Gasteiger partial charge in [-0.3, -0.25) is 9.13 Å². The van der Waals surface area contributed by atoms with Gasteiger partial charge in [0, 0.05) is 23.0 Å². The Bertz CT molecular complexity index is 2470. The van der Waals surface area contributed by atoms with Crippen LogP contribution in [0, 0.1) is 5.92 Å². The molecule has 6 nitrogen and oxygen atoms in total. The maximum Gasteiger partial charge on any atom is 0.141 e. The van der Waals surface area contributed by atoms with Crippen LogP contribution in [0.5, 0.6) is 0 Å². The van der Waals surface area contributed by atoms with Crippen molar-refractivity contribution in [2.45, 2.75) is 44.7 Å². The first-order valence-corrected chi connectivity index (χ1v) is 18.5. The Morgan fingerprint density at radius 3 is 2.35 bits per heavy atom. The molecule has 3 atom stereocenters. The third-order valence-corrected chi connectivity index (χ3v) is 10.8. The molecule has 52 heavy (non-hydrogen) atoms. The van der Waals surface area contributed by atoms with Gasteiger partial charge in [0.1, 0.15) is 17.8 Å². The summed E-state index contributed by atoms with van der Waals surface area (Å²) in [7, 11) is 0. The number of aromatic nitrogens is 4. The molecule has 4 aromatic carbocycles. The average molecular weight is 677 g/mol. The third kappa shape index (κ3) is 5.17. The highest BCUT2D eigenvalue weighted by Gasteiger charge is 2.36. The van der Waals surface area contributed by atoms with Crippen LogP contribution in [0.25, 0.3) is 34.1 Å². The van der Waals surface area contributed by atoms with E-state index in [0.29, 0.717) is 5.92 Å². The molecule has 10 rings (SSSR count). The Morgan fingerprint density at radius 1 is 0.731 bits per heavy atom. The van der Waals surface area contributed by atoms with Crippen molar-refractivity contribution in [1.29, 1.82) is 0 Å². The summed E-state index contributed by atoms with van der Waals surface area (Å²) < 4.78 is 4.82. The predicted octanol–water partition coefficient (Wildman–Crippen LogP) is 10.7. The van der Waals surface area contributed by atoms with E-state index in [1.165, 1.54) is 28.2 Å². The van der Waals surface area contributed by atoms with Gasteiger partial charge in [-0.05, 0) is 110 Å². The number of para-hydroxylation sites is 6. The van der Waals surface area contributed by atoms with Gasteiger partial charge in [-0.2, -0.15) is 0 Å². The number of rotatable bonds is 6. The first-order valence-electron chi connectivity index (χ1n) is 18.5. The summed E-state index contributed by atoms with van der Waals surface area (Å²) in [5, 5.41) is 3.93. The fourth-order valence-corrected chi connectivity index (χ4v) is 8.46. The minimum absolute atomic E-state index is 0.0155. The van der Waals surface area contributed by atoms with Gasteiger partial charge in [0.15, 0.2) is 0 Å². The molecular formula is C46H40N6. The highest BCUT2D eigenvalue weighted by molar-refractivity contribution is 5.86. The van der Waals surface area contributed by atoms with Gasteiger partial charge in [-0.1, -0.05) is 91.9 Å². The molecule has 6 aromatic rings. The maximum absolute atomic E-state index is 5.45. The van der Waals surface area contributed by atoms with Gasteiger partial charge in [0.2, 0.25) is 0 Å². The molecule has 0 saturated carbocycles. The second-order valence-electron chi connectivity index (χ2n) is 14.3. The number of nitrogens with zero attached hydrogens (tertiary/aromatic N) is 5. The van der Waals surface area contributed by atoms with Crippen molar-refractivity contribution in [3.05, 3.63) is 174 Å². The first kappa shape index (κ1) is 30.7. The molecule has 1 aliphatic heterocycles. The molecule has 3 unspecified atom stereocenters. The minimum Gasteiger partial charge on any atom is -0.359 e. The van der Waals surface area contributed by atoms with Gasteiger partial charge < -0.3 is 10.2 Å². The second-order valence-corrected chi connectivity index (χ2v) is 14.3. The summed E-state index contributed by atoms with van der Waals surface area (Å²) >= 11 is 0. The van der Waals surface area contributed by atoms with E-state index in [1.807, 2.05) is 0 Å². The van der Waals surface area contributed by atoms with Gasteiger partial charge in [-0.15, -0.1) is 0 Å². The summed E-state index contributed by atoms with van der Waals surface area (Å²) in [6.07, 6.45) is 20.1. The lowest BCUT2D eigenvalue weighted by Crippen LogP contribution is -2.34. The Hall–Kier alpha value is -6.14. The topological polar surface area (TPSA) is 50.9 Å². The Morgan fingerprint density at radius 2 is 1.50 bits per heavy atom. The molecular weight excluding hydrogens is 637 g/mol. The maximum atomic E-state index is 5.45. The fourth-order valence-electron chi connectivity index (χ4n) is 8.46. The average Bonchev–Trinajstić information content (AvgIpc) is 3.90. The third-order valence-electron chi connectivity index (χ3n) is 10.8. The second kappa shape index (κ2) is 12.6. The van der Waals surface area contributed by atoms with Crippen molar-refractivity contribution in [2.75, 3.05) is 10.2 Å². The lowest BCUT2D eigenvalue weighted by Gasteiger charge is -2.31. The fraction of sp³-hybridized carbons (Fsp3) is 0.174. The number of hydrogen-bond acceptors (Lipinski definition) is 4. The highest BCUT2D eigenvalue weighted by atomic mass is 15.3. The van der Waals surface area contributed by atoms with Crippen LogP contribution in [0.15, 0.2) is 151 Å². The number of fused-ring (bicyclic) bond motifs is 3. The van der Waals surface area contributed by atoms with E-state index in [0.717, 1.165) is 71.1 Å². The Kier molecular flexibility index (Phi) is 7.41. The van der Waals surface area contributed by atoms with Gasteiger partial charge >= 0.3 is 0 Å². The Labute approximate surface area is 304 Å². The zero-order chi connectivity index (χ0) is 34.6. The number of hydrogen-bond donors (Lipinski definition) is 1. The normalized spacial score (nSPS) is 20.6. The summed E-state index contributed by atoms with van der Waals surface area (Å²) in [6.45, 7) is 2.30. The predicted molar refractivity (Wildman–Crippen MR) is 214 cm³/mol. The van der Waals surface area contributed by atoms with E-state index in [2.05, 4.69) is 178 Å². The van der Waals surface area contributed by atoms with Crippen LogP contribution in [-0.2, 0) is 6.42 Å². The quantitative estimate of drug-likeness (QED) is 0.191. The number of benzene rings is 4. The molecule has 0 bridgehead atoms. The van der Waals surface area contributed by atoms with Crippen LogP contribution in [0.2, 0.25) is 0 Å². The van der Waals surface area contributed by atoms with Crippen molar-refractivity contribution in [3.8, 4) is 5.69 Å². The monoisotopic (exact) mass is 676 g/mol. The van der Waals surface area contributed by atoms with E-state index in [1.54, 1.807) is 0 Å². The molecule has 0 radical (unpaired) electrons. The molecule has 0 amide bonds. The molecule has 0 saturated heterocycles. The molecule has 3 heterocycles. The van der Waals surface area contributed by atoms with Crippen molar-refractivity contribution in [1.82, 2.24) is 19.1 Å². The molecule has 0 spiro atoms. The molecule has 6 heteroatoms. The number of anilines is 3. The summed E-state index contributed by atoms with van der Waals surface area (Å²) in [5.74, 6) is 2.52. The summed E-state index contributed by atoms with van der Waals surface area (Å²) in [6, 6.07) is 38.5. The number of imidazole rings is 2. The minimum atomic E-state index is -0.126. The lowest BCUT2D eigenvalue weighted by atomic mass is 9.87. The molecule has 2 aromatic heterocycles. The van der Waals surface area contributed by atoms with E-state index < -0.39 is 0 Å². The largest absolute Gasteiger partial charge is 0.359 e. The molecule has 0 fully saturated rings. The van der Waals surface area contributed by atoms with Crippen molar-refractivity contribution in [3.63, 3.8) is 0 Å². The van der Waals surface area contributed by atoms with Crippen molar-refractivity contribution >= 4 is 45.4 Å². The number of nitrogens with one attached hydrogen (secondary N) is 1.